The third-order valence-corrected chi connectivity index (χ3v) is 3.90. The molecule has 1 amide bonds. The number of hydrogen-bond donors (Lipinski definition) is 1. The maximum absolute atomic E-state index is 12.3. The summed E-state index contributed by atoms with van der Waals surface area (Å²) in [6.45, 7) is 8.30. The number of carbonyl (C=O) groups is 1. The molecule has 1 aliphatic heterocycles. The van der Waals surface area contributed by atoms with E-state index in [1.54, 1.807) is 0 Å². The van der Waals surface area contributed by atoms with Gasteiger partial charge in [-0.2, -0.15) is 0 Å². The first-order valence-corrected chi connectivity index (χ1v) is 7.59. The molecule has 1 heterocycles. The lowest BCUT2D eigenvalue weighted by atomic mass is 9.96. The quantitative estimate of drug-likeness (QED) is 0.820. The number of nitrogens with zero attached hydrogens (tertiary/aromatic N) is 1. The van der Waals surface area contributed by atoms with Gasteiger partial charge >= 0.3 is 0 Å². The van der Waals surface area contributed by atoms with Gasteiger partial charge in [0.05, 0.1) is 6.04 Å². The van der Waals surface area contributed by atoms with Crippen molar-refractivity contribution in [2.24, 2.45) is 17.6 Å². The molecule has 3 nitrogen and oxygen atoms in total. The topological polar surface area (TPSA) is 46.3 Å². The van der Waals surface area contributed by atoms with Gasteiger partial charge in [0.2, 0.25) is 5.91 Å². The van der Waals surface area contributed by atoms with E-state index in [2.05, 4.69) is 20.8 Å². The Morgan fingerprint density at radius 3 is 2.67 bits per heavy atom. The third-order valence-electron chi connectivity index (χ3n) is 3.90. The van der Waals surface area contributed by atoms with Gasteiger partial charge in [-0.05, 0) is 37.5 Å². The predicted octanol–water partition coefficient (Wildman–Crippen LogP) is 2.79. The molecule has 0 radical (unpaired) electrons. The molecular weight excluding hydrogens is 224 g/mol. The molecule has 1 rings (SSSR count). The summed E-state index contributed by atoms with van der Waals surface area (Å²) < 4.78 is 0. The normalized spacial score (nSPS) is 22.9. The lowest BCUT2D eigenvalue weighted by molar-refractivity contribution is -0.132. The predicted molar refractivity (Wildman–Crippen MR) is 76.3 cm³/mol. The van der Waals surface area contributed by atoms with Gasteiger partial charge in [0.15, 0.2) is 0 Å². The zero-order valence-electron chi connectivity index (χ0n) is 12.3. The van der Waals surface area contributed by atoms with E-state index in [9.17, 15) is 4.79 Å². The van der Waals surface area contributed by atoms with Crippen LogP contribution in [-0.2, 0) is 4.79 Å². The van der Waals surface area contributed by atoms with E-state index in [1.807, 2.05) is 4.90 Å². The summed E-state index contributed by atoms with van der Waals surface area (Å²) in [5, 5.41) is 0. The highest BCUT2D eigenvalue weighted by Gasteiger charge is 2.24. The molecule has 3 heteroatoms. The molecule has 2 N–H and O–H groups in total. The lowest BCUT2D eigenvalue weighted by Gasteiger charge is -2.25. The molecule has 0 aromatic rings. The molecule has 106 valence electrons. The number of carbonyl (C=O) groups excluding carboxylic acids is 1. The number of amides is 1. The second-order valence-electron chi connectivity index (χ2n) is 6.15. The highest BCUT2D eigenvalue weighted by atomic mass is 16.2. The van der Waals surface area contributed by atoms with Crippen LogP contribution in [0.1, 0.15) is 59.3 Å². The Bertz CT molecular complexity index is 253. The summed E-state index contributed by atoms with van der Waals surface area (Å²) in [5.74, 6) is 1.47. The van der Waals surface area contributed by atoms with Crippen molar-refractivity contribution in [3.63, 3.8) is 0 Å². The molecular formula is C15H30N2O. The Labute approximate surface area is 112 Å². The minimum absolute atomic E-state index is 0.167. The molecule has 1 fully saturated rings. The van der Waals surface area contributed by atoms with Crippen molar-refractivity contribution in [3.05, 3.63) is 0 Å². The van der Waals surface area contributed by atoms with Crippen molar-refractivity contribution in [2.45, 2.75) is 65.3 Å². The molecule has 2 atom stereocenters. The average Bonchev–Trinajstić information content (AvgIpc) is 2.53. The summed E-state index contributed by atoms with van der Waals surface area (Å²) >= 11 is 0. The maximum Gasteiger partial charge on any atom is 0.239 e. The SMILES string of the molecule is CCCC1CCCN(C(=O)[C@H](N)CC(C)C)CC1. The molecule has 1 aliphatic rings. The van der Waals surface area contributed by atoms with Crippen LogP contribution in [0.15, 0.2) is 0 Å². The number of likely N-dealkylation sites (tertiary alicyclic amines) is 1. The van der Waals surface area contributed by atoms with Gasteiger partial charge in [-0.25, -0.2) is 0 Å². The molecule has 1 saturated heterocycles. The fourth-order valence-corrected chi connectivity index (χ4v) is 2.93. The number of rotatable bonds is 5. The van der Waals surface area contributed by atoms with E-state index >= 15 is 0 Å². The molecule has 0 spiro atoms. The van der Waals surface area contributed by atoms with Crippen molar-refractivity contribution in [1.29, 1.82) is 0 Å². The van der Waals surface area contributed by atoms with Crippen LogP contribution in [0.25, 0.3) is 0 Å². The Hall–Kier alpha value is -0.570. The van der Waals surface area contributed by atoms with Crippen molar-refractivity contribution >= 4 is 5.91 Å². The van der Waals surface area contributed by atoms with E-state index in [0.29, 0.717) is 5.92 Å². The van der Waals surface area contributed by atoms with Crippen molar-refractivity contribution < 1.29 is 4.79 Å². The third kappa shape index (κ3) is 4.97. The van der Waals surface area contributed by atoms with Crippen LogP contribution >= 0.6 is 0 Å². The standard InChI is InChI=1S/C15H30N2O/c1-4-6-13-7-5-9-17(10-8-13)15(18)14(16)11-12(2)3/h12-14H,4-11,16H2,1-3H3/t13?,14-/m1/s1. The van der Waals surface area contributed by atoms with Gasteiger partial charge < -0.3 is 10.6 Å². The molecule has 0 aliphatic carbocycles. The van der Waals surface area contributed by atoms with Crippen LogP contribution in [0.3, 0.4) is 0 Å². The summed E-state index contributed by atoms with van der Waals surface area (Å²) in [7, 11) is 0. The molecule has 0 aromatic carbocycles. The van der Waals surface area contributed by atoms with E-state index in [4.69, 9.17) is 5.73 Å². The van der Waals surface area contributed by atoms with E-state index < -0.39 is 0 Å². The highest BCUT2D eigenvalue weighted by Crippen LogP contribution is 2.22. The van der Waals surface area contributed by atoms with E-state index in [1.165, 1.54) is 19.3 Å². The summed E-state index contributed by atoms with van der Waals surface area (Å²) in [4.78, 5) is 14.3. The zero-order chi connectivity index (χ0) is 13.5. The van der Waals surface area contributed by atoms with Crippen LogP contribution in [0, 0.1) is 11.8 Å². The molecule has 0 aromatic heterocycles. The molecule has 1 unspecified atom stereocenters. The molecule has 0 saturated carbocycles. The fraction of sp³-hybridized carbons (Fsp3) is 0.933. The van der Waals surface area contributed by atoms with Crippen molar-refractivity contribution in [1.82, 2.24) is 4.90 Å². The first kappa shape index (κ1) is 15.5. The zero-order valence-corrected chi connectivity index (χ0v) is 12.3. The van der Waals surface area contributed by atoms with Gasteiger partial charge in [0.25, 0.3) is 0 Å². The van der Waals surface area contributed by atoms with Crippen molar-refractivity contribution in [3.8, 4) is 0 Å². The van der Waals surface area contributed by atoms with Crippen LogP contribution in [0.4, 0.5) is 0 Å². The summed E-state index contributed by atoms with van der Waals surface area (Å²) in [6.07, 6.45) is 6.94. The Morgan fingerprint density at radius 1 is 1.33 bits per heavy atom. The Morgan fingerprint density at radius 2 is 2.06 bits per heavy atom. The van der Waals surface area contributed by atoms with Crippen LogP contribution in [0.5, 0.6) is 0 Å². The Kier molecular flexibility index (Phi) is 6.69. The second kappa shape index (κ2) is 7.78. The van der Waals surface area contributed by atoms with E-state index in [-0.39, 0.29) is 11.9 Å². The van der Waals surface area contributed by atoms with Gasteiger partial charge in [0.1, 0.15) is 0 Å². The minimum atomic E-state index is -0.298. The largest absolute Gasteiger partial charge is 0.341 e. The summed E-state index contributed by atoms with van der Waals surface area (Å²) in [6, 6.07) is -0.298. The summed E-state index contributed by atoms with van der Waals surface area (Å²) in [5.41, 5.74) is 6.00. The van der Waals surface area contributed by atoms with Gasteiger partial charge in [-0.1, -0.05) is 33.6 Å². The highest BCUT2D eigenvalue weighted by molar-refractivity contribution is 5.81. The van der Waals surface area contributed by atoms with Gasteiger partial charge in [-0.3, -0.25) is 4.79 Å². The Balaban J connectivity index is 2.44. The minimum Gasteiger partial charge on any atom is -0.341 e. The van der Waals surface area contributed by atoms with Crippen LogP contribution < -0.4 is 5.73 Å². The maximum atomic E-state index is 12.3. The van der Waals surface area contributed by atoms with Crippen LogP contribution in [0.2, 0.25) is 0 Å². The number of nitrogens with two attached hydrogens (primary N) is 1. The van der Waals surface area contributed by atoms with Gasteiger partial charge in [0, 0.05) is 13.1 Å². The average molecular weight is 254 g/mol. The van der Waals surface area contributed by atoms with Crippen molar-refractivity contribution in [2.75, 3.05) is 13.1 Å². The lowest BCUT2D eigenvalue weighted by Crippen LogP contribution is -2.44. The van der Waals surface area contributed by atoms with Gasteiger partial charge in [-0.15, -0.1) is 0 Å². The monoisotopic (exact) mass is 254 g/mol. The second-order valence-corrected chi connectivity index (χ2v) is 6.15. The molecule has 18 heavy (non-hydrogen) atoms. The van der Waals surface area contributed by atoms with E-state index in [0.717, 1.165) is 38.3 Å². The smallest absolute Gasteiger partial charge is 0.239 e. The first-order valence-electron chi connectivity index (χ1n) is 7.59. The number of hydrogen-bond acceptors (Lipinski definition) is 2. The fourth-order valence-electron chi connectivity index (χ4n) is 2.93. The first-order chi connectivity index (χ1) is 8.54. The van der Waals surface area contributed by atoms with Crippen LogP contribution in [-0.4, -0.2) is 29.9 Å². The molecule has 0 bridgehead atoms.